The summed E-state index contributed by atoms with van der Waals surface area (Å²) < 4.78 is 0. The summed E-state index contributed by atoms with van der Waals surface area (Å²) in [4.78, 5) is 4.48. The van der Waals surface area contributed by atoms with Crippen LogP contribution >= 0.6 is 11.6 Å². The highest BCUT2D eigenvalue weighted by molar-refractivity contribution is 6.30. The number of aliphatic imine (C=N–C) groups is 1. The third kappa shape index (κ3) is 3.15. The summed E-state index contributed by atoms with van der Waals surface area (Å²) in [7, 11) is 0. The minimum absolute atomic E-state index is 0.793. The van der Waals surface area contributed by atoms with E-state index >= 15 is 0 Å². The third-order valence-corrected chi connectivity index (χ3v) is 2.14. The van der Waals surface area contributed by atoms with Gasteiger partial charge in [0, 0.05) is 10.7 Å². The molecule has 76 valence electrons. The highest BCUT2D eigenvalue weighted by Gasteiger charge is 2.01. The Labute approximate surface area is 90.8 Å². The van der Waals surface area contributed by atoms with E-state index in [4.69, 9.17) is 11.6 Å². The molecule has 14 heavy (non-hydrogen) atoms. The molecule has 0 atom stereocenters. The van der Waals surface area contributed by atoms with Crippen molar-refractivity contribution in [2.45, 2.75) is 33.6 Å². The molecule has 0 N–H and O–H groups in total. The summed E-state index contributed by atoms with van der Waals surface area (Å²) in [6.45, 7) is 6.17. The number of hydrogen-bond acceptors (Lipinski definition) is 1. The van der Waals surface area contributed by atoms with E-state index < -0.39 is 0 Å². The predicted molar refractivity (Wildman–Crippen MR) is 63.9 cm³/mol. The van der Waals surface area contributed by atoms with Crippen LogP contribution in [0.4, 0.5) is 5.69 Å². The van der Waals surface area contributed by atoms with Gasteiger partial charge in [0.1, 0.15) is 0 Å². The van der Waals surface area contributed by atoms with Gasteiger partial charge in [-0.1, -0.05) is 24.9 Å². The van der Waals surface area contributed by atoms with E-state index in [1.807, 2.05) is 32.0 Å². The molecule has 0 aliphatic rings. The van der Waals surface area contributed by atoms with E-state index in [0.717, 1.165) is 29.3 Å². The number of benzene rings is 1. The first kappa shape index (κ1) is 11.3. The molecule has 0 aromatic heterocycles. The fourth-order valence-electron chi connectivity index (χ4n) is 1.37. The van der Waals surface area contributed by atoms with E-state index in [1.54, 1.807) is 0 Å². The van der Waals surface area contributed by atoms with Crippen LogP contribution in [-0.4, -0.2) is 5.71 Å². The van der Waals surface area contributed by atoms with E-state index in [0.29, 0.717) is 0 Å². The van der Waals surface area contributed by atoms with Crippen LogP contribution in [0.2, 0.25) is 5.02 Å². The van der Waals surface area contributed by atoms with Gasteiger partial charge in [0.2, 0.25) is 0 Å². The lowest BCUT2D eigenvalue weighted by Gasteiger charge is -2.05. The zero-order valence-corrected chi connectivity index (χ0v) is 9.73. The Bertz CT molecular complexity index is 338. The summed E-state index contributed by atoms with van der Waals surface area (Å²) in [5.74, 6) is 0. The van der Waals surface area contributed by atoms with Gasteiger partial charge >= 0.3 is 0 Å². The number of nitrogens with zero attached hydrogens (tertiary/aromatic N) is 1. The molecule has 1 aromatic rings. The molecule has 2 heteroatoms. The minimum atomic E-state index is 0.793. The van der Waals surface area contributed by atoms with Crippen molar-refractivity contribution in [3.8, 4) is 0 Å². The van der Waals surface area contributed by atoms with E-state index in [2.05, 4.69) is 11.9 Å². The Morgan fingerprint density at radius 1 is 1.36 bits per heavy atom. The maximum Gasteiger partial charge on any atom is 0.0661 e. The average molecular weight is 210 g/mol. The van der Waals surface area contributed by atoms with Gasteiger partial charge in [-0.25, -0.2) is 0 Å². The molecular weight excluding hydrogens is 194 g/mol. The molecule has 0 fully saturated rings. The van der Waals surface area contributed by atoms with Crippen molar-refractivity contribution in [3.63, 3.8) is 0 Å². The number of hydrogen-bond donors (Lipinski definition) is 0. The quantitative estimate of drug-likeness (QED) is 0.655. The topological polar surface area (TPSA) is 12.4 Å². The molecule has 0 heterocycles. The zero-order chi connectivity index (χ0) is 10.6. The molecule has 1 nitrogen and oxygen atoms in total. The van der Waals surface area contributed by atoms with E-state index in [1.165, 1.54) is 5.56 Å². The number of halogens is 1. The summed E-state index contributed by atoms with van der Waals surface area (Å²) in [6, 6.07) is 5.88. The predicted octanol–water partition coefficient (Wildman–Crippen LogP) is 4.40. The van der Waals surface area contributed by atoms with Crippen molar-refractivity contribution in [1.29, 1.82) is 0 Å². The Kier molecular flexibility index (Phi) is 4.15. The van der Waals surface area contributed by atoms with Gasteiger partial charge in [0.25, 0.3) is 0 Å². The first-order valence-corrected chi connectivity index (χ1v) is 5.31. The number of aryl methyl sites for hydroxylation is 1. The molecule has 0 aliphatic heterocycles. The zero-order valence-electron chi connectivity index (χ0n) is 8.97. The first-order chi connectivity index (χ1) is 6.63. The first-order valence-electron chi connectivity index (χ1n) is 4.93. The molecular formula is C12H16ClN. The highest BCUT2D eigenvalue weighted by Crippen LogP contribution is 2.24. The van der Waals surface area contributed by atoms with Crippen molar-refractivity contribution < 1.29 is 0 Å². The van der Waals surface area contributed by atoms with Crippen LogP contribution in [0.15, 0.2) is 23.2 Å². The van der Waals surface area contributed by atoms with Crippen LogP contribution in [0.25, 0.3) is 0 Å². The van der Waals surface area contributed by atoms with Crippen LogP contribution in [0.5, 0.6) is 0 Å². The molecule has 0 unspecified atom stereocenters. The second-order valence-electron chi connectivity index (χ2n) is 3.58. The Morgan fingerprint density at radius 3 is 2.64 bits per heavy atom. The van der Waals surface area contributed by atoms with Crippen LogP contribution in [-0.2, 0) is 6.42 Å². The summed E-state index contributed by atoms with van der Waals surface area (Å²) in [5, 5.41) is 0.793. The second-order valence-corrected chi connectivity index (χ2v) is 4.02. The van der Waals surface area contributed by atoms with Crippen LogP contribution in [0.1, 0.15) is 32.8 Å². The largest absolute Gasteiger partial charge is 0.258 e. The maximum atomic E-state index is 5.94. The van der Waals surface area contributed by atoms with Gasteiger partial charge in [-0.2, -0.15) is 0 Å². The van der Waals surface area contributed by atoms with Crippen molar-refractivity contribution in [2.24, 2.45) is 4.99 Å². The standard InChI is InChI=1S/C12H16ClN/c1-4-5-10-8-11(13)6-7-12(10)14-9(2)3/h6-8H,4-5H2,1-3H3. The fraction of sp³-hybridized carbons (Fsp3) is 0.417. The monoisotopic (exact) mass is 209 g/mol. The molecule has 1 aromatic carbocycles. The summed E-state index contributed by atoms with van der Waals surface area (Å²) in [6.07, 6.45) is 2.15. The Morgan fingerprint density at radius 2 is 2.07 bits per heavy atom. The third-order valence-electron chi connectivity index (χ3n) is 1.90. The second kappa shape index (κ2) is 5.16. The van der Waals surface area contributed by atoms with Gasteiger partial charge in [0.05, 0.1) is 5.69 Å². The van der Waals surface area contributed by atoms with Crippen LogP contribution in [0.3, 0.4) is 0 Å². The van der Waals surface area contributed by atoms with Gasteiger partial charge < -0.3 is 0 Å². The van der Waals surface area contributed by atoms with Crippen molar-refractivity contribution >= 4 is 23.0 Å². The lowest BCUT2D eigenvalue weighted by Crippen LogP contribution is -1.87. The molecule has 0 amide bonds. The maximum absolute atomic E-state index is 5.94. The number of rotatable bonds is 3. The van der Waals surface area contributed by atoms with Crippen molar-refractivity contribution in [2.75, 3.05) is 0 Å². The van der Waals surface area contributed by atoms with Gasteiger partial charge in [-0.05, 0) is 44.0 Å². The summed E-state index contributed by atoms with van der Waals surface area (Å²) >= 11 is 5.94. The SMILES string of the molecule is CCCc1cc(Cl)ccc1N=C(C)C. The van der Waals surface area contributed by atoms with Gasteiger partial charge in [-0.15, -0.1) is 0 Å². The van der Waals surface area contributed by atoms with Gasteiger partial charge in [0.15, 0.2) is 0 Å². The lowest BCUT2D eigenvalue weighted by atomic mass is 10.1. The summed E-state index contributed by atoms with van der Waals surface area (Å²) in [5.41, 5.74) is 3.36. The van der Waals surface area contributed by atoms with Crippen molar-refractivity contribution in [3.05, 3.63) is 28.8 Å². The normalized spacial score (nSPS) is 10.0. The Hall–Kier alpha value is -0.820. The van der Waals surface area contributed by atoms with Crippen LogP contribution in [0, 0.1) is 0 Å². The molecule has 0 saturated heterocycles. The fourth-order valence-corrected chi connectivity index (χ4v) is 1.57. The van der Waals surface area contributed by atoms with E-state index in [9.17, 15) is 0 Å². The van der Waals surface area contributed by atoms with Crippen LogP contribution < -0.4 is 0 Å². The molecule has 0 spiro atoms. The van der Waals surface area contributed by atoms with Gasteiger partial charge in [-0.3, -0.25) is 4.99 Å². The molecule has 0 radical (unpaired) electrons. The molecule has 0 bridgehead atoms. The molecule has 0 saturated carbocycles. The smallest absolute Gasteiger partial charge is 0.0661 e. The molecule has 1 rings (SSSR count). The van der Waals surface area contributed by atoms with E-state index in [-0.39, 0.29) is 0 Å². The highest BCUT2D eigenvalue weighted by atomic mass is 35.5. The lowest BCUT2D eigenvalue weighted by molar-refractivity contribution is 0.921. The Balaban J connectivity index is 3.08. The van der Waals surface area contributed by atoms with Crippen molar-refractivity contribution in [1.82, 2.24) is 0 Å². The average Bonchev–Trinajstić information content (AvgIpc) is 2.09. The minimum Gasteiger partial charge on any atom is -0.258 e. The molecule has 0 aliphatic carbocycles.